The van der Waals surface area contributed by atoms with E-state index >= 15 is 0 Å². The molecule has 2 N–H and O–H groups in total. The van der Waals surface area contributed by atoms with Gasteiger partial charge in [-0.1, -0.05) is 30.8 Å². The number of pyridine rings is 1. The first-order valence-corrected chi connectivity index (χ1v) is 5.92. The van der Waals surface area contributed by atoms with Crippen LogP contribution in [0, 0.1) is 0 Å². The summed E-state index contributed by atoms with van der Waals surface area (Å²) in [6.45, 7) is 4.18. The fraction of sp³-hybridized carbons (Fsp3) is 0.133. The third-order valence-electron chi connectivity index (χ3n) is 3.48. The Bertz CT molecular complexity index is 607. The summed E-state index contributed by atoms with van der Waals surface area (Å²) in [4.78, 5) is 4.17. The molecule has 0 aliphatic heterocycles. The van der Waals surface area contributed by atoms with Crippen molar-refractivity contribution in [3.8, 4) is 0 Å². The van der Waals surface area contributed by atoms with Crippen LogP contribution in [-0.4, -0.2) is 10.2 Å². The van der Waals surface area contributed by atoms with Gasteiger partial charge in [-0.15, -0.1) is 0 Å². The Morgan fingerprint density at radius 1 is 1.22 bits per heavy atom. The molecule has 0 saturated heterocycles. The third kappa shape index (κ3) is 1.65. The molecule has 0 fully saturated rings. The van der Waals surface area contributed by atoms with Crippen molar-refractivity contribution in [3.05, 3.63) is 71.6 Å². The molecule has 1 aromatic carbocycles. The average molecular weight is 238 g/mol. The maximum absolute atomic E-state index is 9.38. The minimum Gasteiger partial charge on any atom is -0.316 e. The molecule has 3 heteroatoms. The molecule has 1 aliphatic carbocycles. The minimum absolute atomic E-state index is 0.110. The topological polar surface area (TPSA) is 45.2 Å². The summed E-state index contributed by atoms with van der Waals surface area (Å²) in [6.07, 6.45) is 4.34. The molecule has 3 nitrogen and oxygen atoms in total. The number of fused-ring (bicyclic) bond motifs is 2. The summed E-state index contributed by atoms with van der Waals surface area (Å²) < 4.78 is 0. The molecule has 90 valence electrons. The van der Waals surface area contributed by atoms with Crippen LogP contribution in [0.4, 0.5) is 0 Å². The molecular weight excluding hydrogens is 224 g/mol. The first-order valence-electron chi connectivity index (χ1n) is 5.92. The molecule has 1 atom stereocenters. The summed E-state index contributed by atoms with van der Waals surface area (Å²) in [6, 6.07) is 9.89. The van der Waals surface area contributed by atoms with Crippen molar-refractivity contribution in [2.45, 2.75) is 12.5 Å². The van der Waals surface area contributed by atoms with Gasteiger partial charge in [-0.2, -0.15) is 5.48 Å². The Hall–Kier alpha value is -1.97. The Morgan fingerprint density at radius 2 is 2.06 bits per heavy atom. The number of hydrogen-bond donors (Lipinski definition) is 2. The quantitative estimate of drug-likeness (QED) is 0.751. The van der Waals surface area contributed by atoms with Crippen LogP contribution < -0.4 is 5.48 Å². The maximum atomic E-state index is 9.38. The molecule has 0 amide bonds. The minimum atomic E-state index is -0.110. The second-order valence-electron chi connectivity index (χ2n) is 4.48. The lowest BCUT2D eigenvalue weighted by Gasteiger charge is -2.15. The molecule has 0 radical (unpaired) electrons. The zero-order chi connectivity index (χ0) is 12.5. The Morgan fingerprint density at radius 3 is 2.89 bits per heavy atom. The van der Waals surface area contributed by atoms with Gasteiger partial charge in [0.15, 0.2) is 0 Å². The highest BCUT2D eigenvalue weighted by atomic mass is 16.5. The second-order valence-corrected chi connectivity index (χ2v) is 4.48. The normalized spacial score (nSPS) is 17.8. The van der Waals surface area contributed by atoms with Gasteiger partial charge < -0.3 is 5.21 Å². The summed E-state index contributed by atoms with van der Waals surface area (Å²) >= 11 is 0. The van der Waals surface area contributed by atoms with E-state index in [9.17, 15) is 5.21 Å². The zero-order valence-electron chi connectivity index (χ0n) is 9.93. The lowest BCUT2D eigenvalue weighted by molar-refractivity contribution is 0.126. The highest BCUT2D eigenvalue weighted by Crippen LogP contribution is 2.35. The number of aromatic nitrogens is 1. The van der Waals surface area contributed by atoms with Crippen molar-refractivity contribution >= 4 is 5.57 Å². The van der Waals surface area contributed by atoms with E-state index in [1.54, 1.807) is 6.20 Å². The van der Waals surface area contributed by atoms with Crippen molar-refractivity contribution in [2.24, 2.45) is 0 Å². The number of rotatable bonds is 1. The number of nitrogens with one attached hydrogen (secondary N) is 1. The monoisotopic (exact) mass is 238 g/mol. The zero-order valence-corrected chi connectivity index (χ0v) is 9.93. The first kappa shape index (κ1) is 11.1. The summed E-state index contributed by atoms with van der Waals surface area (Å²) in [5.41, 5.74) is 7.71. The fourth-order valence-corrected chi connectivity index (χ4v) is 2.54. The van der Waals surface area contributed by atoms with Crippen molar-refractivity contribution in [3.63, 3.8) is 0 Å². The van der Waals surface area contributed by atoms with E-state index < -0.39 is 0 Å². The maximum Gasteiger partial charge on any atom is 0.0615 e. The van der Waals surface area contributed by atoms with Crippen molar-refractivity contribution in [2.75, 3.05) is 0 Å². The van der Waals surface area contributed by atoms with Gasteiger partial charge in [-0.25, -0.2) is 0 Å². The number of benzene rings is 1. The van der Waals surface area contributed by atoms with E-state index in [0.717, 1.165) is 34.2 Å². The van der Waals surface area contributed by atoms with Crippen LogP contribution in [-0.2, 0) is 6.42 Å². The molecule has 1 aromatic heterocycles. The van der Waals surface area contributed by atoms with Crippen LogP contribution in [0.5, 0.6) is 0 Å². The smallest absolute Gasteiger partial charge is 0.0615 e. The van der Waals surface area contributed by atoms with Crippen LogP contribution in [0.15, 0.2) is 49.3 Å². The lowest BCUT2D eigenvalue weighted by atomic mass is 9.96. The number of hydrogen-bond acceptors (Lipinski definition) is 3. The molecule has 0 spiro atoms. The van der Waals surface area contributed by atoms with Crippen molar-refractivity contribution < 1.29 is 5.21 Å². The van der Waals surface area contributed by atoms with E-state index in [1.807, 2.05) is 36.5 Å². The van der Waals surface area contributed by atoms with Gasteiger partial charge in [0, 0.05) is 18.0 Å². The van der Waals surface area contributed by atoms with Crippen molar-refractivity contribution in [1.29, 1.82) is 0 Å². The highest BCUT2D eigenvalue weighted by Gasteiger charge is 2.23. The molecule has 18 heavy (non-hydrogen) atoms. The molecule has 1 unspecified atom stereocenters. The van der Waals surface area contributed by atoms with Gasteiger partial charge in [0.25, 0.3) is 0 Å². The SMILES string of the molecule is C=C1c2cnccc2CC(NO)c2ccccc21. The molecule has 2 aromatic rings. The van der Waals surface area contributed by atoms with Crippen LogP contribution in [0.2, 0.25) is 0 Å². The predicted molar refractivity (Wildman–Crippen MR) is 70.2 cm³/mol. The van der Waals surface area contributed by atoms with Gasteiger partial charge in [0.05, 0.1) is 6.04 Å². The van der Waals surface area contributed by atoms with Crippen LogP contribution >= 0.6 is 0 Å². The van der Waals surface area contributed by atoms with E-state index in [4.69, 9.17) is 0 Å². The third-order valence-corrected chi connectivity index (χ3v) is 3.48. The van der Waals surface area contributed by atoms with E-state index in [-0.39, 0.29) is 6.04 Å². The average Bonchev–Trinajstić information content (AvgIpc) is 2.55. The van der Waals surface area contributed by atoms with E-state index in [2.05, 4.69) is 17.0 Å². The second kappa shape index (κ2) is 4.37. The summed E-state index contributed by atoms with van der Waals surface area (Å²) in [5, 5.41) is 9.38. The largest absolute Gasteiger partial charge is 0.316 e. The molecule has 0 bridgehead atoms. The van der Waals surface area contributed by atoms with Crippen molar-refractivity contribution in [1.82, 2.24) is 10.5 Å². The Kier molecular flexibility index (Phi) is 2.70. The molecule has 3 rings (SSSR count). The molecular formula is C15H14N2O. The Labute approximate surface area is 106 Å². The van der Waals surface area contributed by atoms with Crippen LogP contribution in [0.25, 0.3) is 5.57 Å². The van der Waals surface area contributed by atoms with Gasteiger partial charge >= 0.3 is 0 Å². The lowest BCUT2D eigenvalue weighted by Crippen LogP contribution is -2.19. The van der Waals surface area contributed by atoms with Gasteiger partial charge in [0.1, 0.15) is 0 Å². The van der Waals surface area contributed by atoms with E-state index in [0.29, 0.717) is 0 Å². The van der Waals surface area contributed by atoms with Gasteiger partial charge in [-0.05, 0) is 34.8 Å². The predicted octanol–water partition coefficient (Wildman–Crippen LogP) is 2.72. The first-order chi connectivity index (χ1) is 8.81. The number of nitrogens with zero attached hydrogens (tertiary/aromatic N) is 1. The van der Waals surface area contributed by atoms with Crippen LogP contribution in [0.3, 0.4) is 0 Å². The Balaban J connectivity index is 2.24. The van der Waals surface area contributed by atoms with Crippen LogP contribution in [0.1, 0.15) is 28.3 Å². The van der Waals surface area contributed by atoms with Gasteiger partial charge in [0.2, 0.25) is 0 Å². The molecule has 0 saturated carbocycles. The molecule has 1 heterocycles. The summed E-state index contributed by atoms with van der Waals surface area (Å²) in [7, 11) is 0. The number of hydroxylamine groups is 1. The van der Waals surface area contributed by atoms with Gasteiger partial charge in [-0.3, -0.25) is 4.98 Å². The fourth-order valence-electron chi connectivity index (χ4n) is 2.54. The summed E-state index contributed by atoms with van der Waals surface area (Å²) in [5.74, 6) is 0. The standard InChI is InChI=1S/C15H14N2O/c1-10-12-4-2-3-5-13(12)15(17-18)8-11-6-7-16-9-14(10)11/h2-7,9,15,17-18H,1,8H2. The van der Waals surface area contributed by atoms with E-state index in [1.165, 1.54) is 0 Å². The highest BCUT2D eigenvalue weighted by molar-refractivity contribution is 5.82. The molecule has 1 aliphatic rings.